The van der Waals surface area contributed by atoms with Crippen LogP contribution in [0.4, 0.5) is 23.4 Å². The van der Waals surface area contributed by atoms with Crippen LogP contribution in [0.15, 0.2) is 72.8 Å². The number of fused-ring (bicyclic) bond motifs is 1. The lowest BCUT2D eigenvalue weighted by Gasteiger charge is -2.38. The number of halogens is 4. The molecular formula is C40H39BF4N6O5. The summed E-state index contributed by atoms with van der Waals surface area (Å²) >= 11 is 0. The normalized spacial score (nSPS) is 21.5. The molecule has 1 N–H and O–H groups in total. The lowest BCUT2D eigenvalue weighted by molar-refractivity contribution is -0.137. The van der Waals surface area contributed by atoms with Crippen molar-refractivity contribution in [3.63, 3.8) is 0 Å². The Morgan fingerprint density at radius 2 is 1.70 bits per heavy atom. The Morgan fingerprint density at radius 1 is 1.02 bits per heavy atom. The summed E-state index contributed by atoms with van der Waals surface area (Å²) in [6.07, 6.45) is -3.72. The quantitative estimate of drug-likeness (QED) is 0.187. The van der Waals surface area contributed by atoms with Crippen molar-refractivity contribution in [2.75, 3.05) is 18.0 Å². The van der Waals surface area contributed by atoms with Gasteiger partial charge in [-0.3, -0.25) is 19.3 Å². The Kier molecular flexibility index (Phi) is 9.82. The summed E-state index contributed by atoms with van der Waals surface area (Å²) in [4.78, 5) is 45.9. The maximum atomic E-state index is 14.7. The number of nitriles is 1. The van der Waals surface area contributed by atoms with Crippen molar-refractivity contribution in [1.29, 1.82) is 5.26 Å². The summed E-state index contributed by atoms with van der Waals surface area (Å²) in [6.45, 7) is 9.68. The fourth-order valence-corrected chi connectivity index (χ4v) is 7.49. The maximum absolute atomic E-state index is 14.7. The van der Waals surface area contributed by atoms with E-state index < -0.39 is 71.6 Å². The molecule has 3 amide bonds. The number of nitrogens with zero attached hydrogens (tertiary/aromatic N) is 5. The molecule has 0 radical (unpaired) electrons. The largest absolute Gasteiger partial charge is 0.494 e. The van der Waals surface area contributed by atoms with Gasteiger partial charge in [0.15, 0.2) is 5.69 Å². The van der Waals surface area contributed by atoms with Crippen molar-refractivity contribution in [2.24, 2.45) is 0 Å². The molecule has 4 heterocycles. The number of nitrogens with one attached hydrogen (secondary N) is 1. The molecule has 7 rings (SSSR count). The smallest absolute Gasteiger partial charge is 0.399 e. The monoisotopic (exact) mass is 770 g/mol. The van der Waals surface area contributed by atoms with Gasteiger partial charge in [0.2, 0.25) is 0 Å². The third-order valence-corrected chi connectivity index (χ3v) is 11.1. The van der Waals surface area contributed by atoms with Gasteiger partial charge >= 0.3 is 13.3 Å². The number of rotatable bonds is 7. The highest BCUT2D eigenvalue weighted by atomic mass is 19.4. The highest BCUT2D eigenvalue weighted by Crippen LogP contribution is 2.45. The second-order valence-electron chi connectivity index (χ2n) is 15.1. The molecule has 0 bridgehead atoms. The zero-order chi connectivity index (χ0) is 40.3. The van der Waals surface area contributed by atoms with E-state index in [1.807, 2.05) is 33.8 Å². The van der Waals surface area contributed by atoms with E-state index in [0.717, 1.165) is 12.1 Å². The van der Waals surface area contributed by atoms with Crippen LogP contribution in [0.25, 0.3) is 5.69 Å². The molecule has 0 aliphatic carbocycles. The van der Waals surface area contributed by atoms with Crippen molar-refractivity contribution in [1.82, 2.24) is 20.0 Å². The number of amides is 3. The average Bonchev–Trinajstić information content (AvgIpc) is 3.86. The number of alkyl halides is 3. The molecule has 0 saturated carbocycles. The fraction of sp³-hybridized carbons (Fsp3) is 0.375. The van der Waals surface area contributed by atoms with E-state index in [-0.39, 0.29) is 35.7 Å². The second-order valence-corrected chi connectivity index (χ2v) is 15.1. The predicted molar refractivity (Wildman–Crippen MR) is 198 cm³/mol. The third-order valence-electron chi connectivity index (χ3n) is 11.1. The second kappa shape index (κ2) is 14.2. The molecule has 3 aliphatic rings. The molecule has 3 aromatic carbocycles. The Labute approximate surface area is 321 Å². The van der Waals surface area contributed by atoms with E-state index in [1.54, 1.807) is 25.1 Å². The van der Waals surface area contributed by atoms with E-state index in [0.29, 0.717) is 35.6 Å². The van der Waals surface area contributed by atoms with Gasteiger partial charge in [-0.25, -0.2) is 9.07 Å². The number of carbonyl (C=O) groups excluding carboxylic acids is 3. The standard InChI is InChI=1S/C40H39BF4N6O5/c1-6-49-35-31(30(23-15-17-27(42)18-16-23)32(36(49)53)47-34(52)24-10-7-11-25(20-24)40(43,44)45)33(37(54)50-19-9-14-29(50)22-46)48-51(35)28-13-8-12-26(21-28)41-55-38(2,3)39(4,5)56-41/h7-8,10-13,15-18,20-21,29-30,32H,6,9,14,19H2,1-5H3,(H,47,52)/t29-,30-,32-/m1/s1. The molecule has 3 atom stereocenters. The van der Waals surface area contributed by atoms with Crippen molar-refractivity contribution >= 4 is 36.1 Å². The van der Waals surface area contributed by atoms with Gasteiger partial charge in [0, 0.05) is 30.1 Å². The molecule has 0 spiro atoms. The average molecular weight is 771 g/mol. The van der Waals surface area contributed by atoms with Crippen LogP contribution < -0.4 is 15.7 Å². The van der Waals surface area contributed by atoms with E-state index in [2.05, 4.69) is 11.4 Å². The number of likely N-dealkylation sites (tertiary alicyclic amines) is 1. The minimum absolute atomic E-state index is 0.0265. The molecule has 2 fully saturated rings. The first-order valence-electron chi connectivity index (χ1n) is 18.3. The molecule has 3 aliphatic heterocycles. The van der Waals surface area contributed by atoms with Crippen molar-refractivity contribution in [3.8, 4) is 11.8 Å². The molecular weight excluding hydrogens is 731 g/mol. The minimum Gasteiger partial charge on any atom is -0.399 e. The number of carbonyl (C=O) groups is 3. The maximum Gasteiger partial charge on any atom is 0.494 e. The van der Waals surface area contributed by atoms with Crippen LogP contribution in [0.1, 0.15) is 90.9 Å². The number of hydrogen-bond donors (Lipinski definition) is 1. The van der Waals surface area contributed by atoms with Gasteiger partial charge in [-0.1, -0.05) is 30.3 Å². The molecule has 1 aromatic heterocycles. The van der Waals surface area contributed by atoms with E-state index >= 15 is 0 Å². The van der Waals surface area contributed by atoms with Gasteiger partial charge in [0.25, 0.3) is 17.7 Å². The summed E-state index contributed by atoms with van der Waals surface area (Å²) in [6, 6.07) is 16.0. The van der Waals surface area contributed by atoms with Crippen LogP contribution in [0.2, 0.25) is 0 Å². The first kappa shape index (κ1) is 38.7. The molecule has 2 saturated heterocycles. The van der Waals surface area contributed by atoms with Gasteiger partial charge < -0.3 is 19.5 Å². The van der Waals surface area contributed by atoms with Crippen LogP contribution in [-0.2, 0) is 20.3 Å². The van der Waals surface area contributed by atoms with Gasteiger partial charge in [-0.05, 0) is 101 Å². The summed E-state index contributed by atoms with van der Waals surface area (Å²) in [7, 11) is -0.764. The molecule has 56 heavy (non-hydrogen) atoms. The Bertz CT molecular complexity index is 2240. The van der Waals surface area contributed by atoms with Crippen LogP contribution in [0.5, 0.6) is 0 Å². The van der Waals surface area contributed by atoms with E-state index in [9.17, 15) is 37.2 Å². The van der Waals surface area contributed by atoms with Crippen LogP contribution in [-0.4, -0.2) is 75.9 Å². The number of aromatic nitrogens is 2. The van der Waals surface area contributed by atoms with Crippen LogP contribution >= 0.6 is 0 Å². The summed E-state index contributed by atoms with van der Waals surface area (Å²) in [5.41, 5.74) is -1.20. The lowest BCUT2D eigenvalue weighted by atomic mass is 9.79. The molecule has 0 unspecified atom stereocenters. The molecule has 290 valence electrons. The number of benzene rings is 3. The Morgan fingerprint density at radius 3 is 2.34 bits per heavy atom. The van der Waals surface area contributed by atoms with Crippen molar-refractivity contribution in [2.45, 2.75) is 82.8 Å². The summed E-state index contributed by atoms with van der Waals surface area (Å²) in [5, 5.41) is 17.5. The van der Waals surface area contributed by atoms with E-state index in [4.69, 9.17) is 14.4 Å². The number of anilines is 1. The Hall–Kier alpha value is -5.53. The van der Waals surface area contributed by atoms with Gasteiger partial charge in [0.1, 0.15) is 23.7 Å². The zero-order valence-corrected chi connectivity index (χ0v) is 31.4. The molecule has 11 nitrogen and oxygen atoms in total. The number of likely N-dealkylation sites (N-methyl/N-ethyl adjacent to an activating group) is 1. The van der Waals surface area contributed by atoms with Crippen molar-refractivity contribution in [3.05, 3.63) is 107 Å². The van der Waals surface area contributed by atoms with Crippen molar-refractivity contribution < 1.29 is 41.3 Å². The topological polar surface area (TPSA) is 130 Å². The van der Waals surface area contributed by atoms with Gasteiger partial charge in [0.05, 0.1) is 28.5 Å². The zero-order valence-electron chi connectivity index (χ0n) is 31.4. The minimum atomic E-state index is -4.73. The highest BCUT2D eigenvalue weighted by Gasteiger charge is 2.52. The Balaban J connectivity index is 1.43. The summed E-state index contributed by atoms with van der Waals surface area (Å²) in [5.74, 6) is -3.78. The third kappa shape index (κ3) is 6.72. The SMILES string of the molecule is CCN1C(=O)[C@H](NC(=O)c2cccc(C(F)(F)F)c2)[C@H](c2ccc(F)cc2)c2c(C(=O)N3CCC[C@@H]3C#N)nn(-c3cccc(B4OC(C)(C)C(C)(C)O4)c3)c21. The summed E-state index contributed by atoms with van der Waals surface area (Å²) < 4.78 is 69.4. The first-order valence-corrected chi connectivity index (χ1v) is 18.3. The highest BCUT2D eigenvalue weighted by molar-refractivity contribution is 6.62. The number of hydrogen-bond acceptors (Lipinski definition) is 7. The first-order chi connectivity index (χ1) is 26.5. The van der Waals surface area contributed by atoms with Gasteiger partial charge in [-0.2, -0.15) is 23.5 Å². The van der Waals surface area contributed by atoms with Crippen LogP contribution in [0.3, 0.4) is 0 Å². The lowest BCUT2D eigenvalue weighted by Crippen LogP contribution is -2.55. The van der Waals surface area contributed by atoms with Crippen LogP contribution in [0, 0.1) is 17.1 Å². The molecule has 16 heteroatoms. The predicted octanol–water partition coefficient (Wildman–Crippen LogP) is 5.75. The van der Waals surface area contributed by atoms with E-state index in [1.165, 1.54) is 44.8 Å². The van der Waals surface area contributed by atoms with Gasteiger partial charge in [-0.15, -0.1) is 0 Å². The molecule has 4 aromatic rings. The fourth-order valence-electron chi connectivity index (χ4n) is 7.49.